The predicted octanol–water partition coefficient (Wildman–Crippen LogP) is 7.57. The van der Waals surface area contributed by atoms with Crippen LogP contribution >= 0.6 is 23.2 Å². The fourth-order valence-corrected chi connectivity index (χ4v) is 7.28. The number of halogens is 2. The maximum Gasteiger partial charge on any atom is 0.275 e. The average molecular weight is 653 g/mol. The van der Waals surface area contributed by atoms with Crippen molar-refractivity contribution in [2.45, 2.75) is 97.3 Å². The molecule has 2 heterocycles. The first-order chi connectivity index (χ1) is 21.6. The third-order valence-electron chi connectivity index (χ3n) is 9.27. The van der Waals surface area contributed by atoms with Gasteiger partial charge in [-0.15, -0.1) is 10.2 Å². The van der Waals surface area contributed by atoms with Gasteiger partial charge in [0.05, 0.1) is 12.6 Å². The molecule has 5 rings (SSSR count). The number of hydrogen-bond donors (Lipinski definition) is 2. The third kappa shape index (κ3) is 7.75. The summed E-state index contributed by atoms with van der Waals surface area (Å²) in [6.07, 6.45) is 7.61. The number of carbonyl (C=O) groups excluding carboxylic acids is 2. The van der Waals surface area contributed by atoms with Crippen LogP contribution in [0.15, 0.2) is 47.5 Å². The fraction of sp³-hybridized carbons (Fsp3) is 0.529. The van der Waals surface area contributed by atoms with Crippen molar-refractivity contribution < 1.29 is 9.59 Å². The largest absolute Gasteiger partial charge is 0.345 e. The maximum absolute atomic E-state index is 14.6. The molecule has 1 spiro atoms. The normalized spacial score (nSPS) is 20.7. The zero-order valence-electron chi connectivity index (χ0n) is 26.5. The predicted molar refractivity (Wildman–Crippen MR) is 177 cm³/mol. The molecule has 1 atom stereocenters. The SMILES string of the molecule is CC(C)CCCC[C@H](c1ccc(C(=O)NCc2nn[nH]n2)cc1)N1C(=O)C(c2cc(Cl)cc(Cl)c2)=NC12CCC(C(C)C)CC2. The number of carbonyl (C=O) groups is 2. The first kappa shape index (κ1) is 33.1. The van der Waals surface area contributed by atoms with Gasteiger partial charge in [0, 0.05) is 21.2 Å². The quantitative estimate of drug-likeness (QED) is 0.196. The molecule has 2 aliphatic rings. The van der Waals surface area contributed by atoms with Gasteiger partial charge in [0.25, 0.3) is 11.8 Å². The fourth-order valence-electron chi connectivity index (χ4n) is 6.76. The Kier molecular flexibility index (Phi) is 10.6. The summed E-state index contributed by atoms with van der Waals surface area (Å²) in [6, 6.07) is 12.6. The van der Waals surface area contributed by atoms with E-state index >= 15 is 0 Å². The number of aliphatic imine (C=N–C) groups is 1. The Bertz CT molecular complexity index is 1480. The molecule has 1 fully saturated rings. The number of H-pyrrole nitrogens is 1. The molecule has 2 N–H and O–H groups in total. The molecule has 1 aliphatic heterocycles. The maximum atomic E-state index is 14.6. The van der Waals surface area contributed by atoms with Crippen molar-refractivity contribution in [3.05, 3.63) is 75.0 Å². The molecule has 240 valence electrons. The van der Waals surface area contributed by atoms with Gasteiger partial charge >= 0.3 is 0 Å². The van der Waals surface area contributed by atoms with Crippen LogP contribution in [0.3, 0.4) is 0 Å². The van der Waals surface area contributed by atoms with E-state index in [0.29, 0.717) is 50.5 Å². The minimum atomic E-state index is -0.643. The van der Waals surface area contributed by atoms with Crippen LogP contribution in [0.25, 0.3) is 0 Å². The Morgan fingerprint density at radius 3 is 2.29 bits per heavy atom. The van der Waals surface area contributed by atoms with E-state index in [4.69, 9.17) is 28.2 Å². The molecule has 1 aliphatic carbocycles. The molecular formula is C34H43Cl2N7O2. The summed E-state index contributed by atoms with van der Waals surface area (Å²) in [5.41, 5.74) is 1.94. The Morgan fingerprint density at radius 2 is 1.69 bits per heavy atom. The van der Waals surface area contributed by atoms with E-state index in [-0.39, 0.29) is 24.4 Å². The molecule has 2 amide bonds. The zero-order chi connectivity index (χ0) is 32.1. The molecule has 9 nitrogen and oxygen atoms in total. The summed E-state index contributed by atoms with van der Waals surface area (Å²) in [4.78, 5) is 34.8. The topological polar surface area (TPSA) is 116 Å². The van der Waals surface area contributed by atoms with Gasteiger partial charge in [0.2, 0.25) is 0 Å². The number of unbranched alkanes of at least 4 members (excludes halogenated alkanes) is 1. The highest BCUT2D eigenvalue weighted by molar-refractivity contribution is 6.47. The molecular weight excluding hydrogens is 609 g/mol. The zero-order valence-corrected chi connectivity index (χ0v) is 28.0. The lowest BCUT2D eigenvalue weighted by Gasteiger charge is -2.46. The van der Waals surface area contributed by atoms with Crippen molar-refractivity contribution in [1.29, 1.82) is 0 Å². The summed E-state index contributed by atoms with van der Waals surface area (Å²) in [5, 5.41) is 17.5. The van der Waals surface area contributed by atoms with Crippen molar-refractivity contribution in [2.75, 3.05) is 0 Å². The molecule has 0 radical (unpaired) electrons. The second-order valence-electron chi connectivity index (χ2n) is 13.2. The van der Waals surface area contributed by atoms with Crippen LogP contribution < -0.4 is 5.32 Å². The number of nitrogens with zero attached hydrogens (tertiary/aromatic N) is 5. The number of amides is 2. The van der Waals surface area contributed by atoms with Gasteiger partial charge in [-0.1, -0.05) is 87.5 Å². The van der Waals surface area contributed by atoms with Crippen LogP contribution in [-0.4, -0.2) is 48.7 Å². The van der Waals surface area contributed by atoms with Gasteiger partial charge < -0.3 is 10.2 Å². The number of rotatable bonds is 12. The monoisotopic (exact) mass is 651 g/mol. The van der Waals surface area contributed by atoms with Crippen molar-refractivity contribution in [1.82, 2.24) is 30.8 Å². The van der Waals surface area contributed by atoms with Gasteiger partial charge in [0.1, 0.15) is 11.4 Å². The number of tetrazole rings is 1. The van der Waals surface area contributed by atoms with Crippen LogP contribution in [-0.2, 0) is 11.3 Å². The van der Waals surface area contributed by atoms with E-state index in [1.807, 2.05) is 24.3 Å². The minimum absolute atomic E-state index is 0.0906. The van der Waals surface area contributed by atoms with Crippen molar-refractivity contribution in [3.63, 3.8) is 0 Å². The van der Waals surface area contributed by atoms with E-state index in [0.717, 1.165) is 56.9 Å². The number of aromatic nitrogens is 4. The van der Waals surface area contributed by atoms with Crippen LogP contribution in [0, 0.1) is 17.8 Å². The summed E-state index contributed by atoms with van der Waals surface area (Å²) >= 11 is 12.8. The van der Waals surface area contributed by atoms with Gasteiger partial charge in [-0.3, -0.25) is 14.6 Å². The lowest BCUT2D eigenvalue weighted by Crippen LogP contribution is -2.51. The van der Waals surface area contributed by atoms with Gasteiger partial charge in [-0.2, -0.15) is 5.21 Å². The molecule has 3 aromatic rings. The third-order valence-corrected chi connectivity index (χ3v) is 9.71. The summed E-state index contributed by atoms with van der Waals surface area (Å²) in [6.45, 7) is 9.21. The van der Waals surface area contributed by atoms with Crippen LogP contribution in [0.1, 0.15) is 112 Å². The molecule has 45 heavy (non-hydrogen) atoms. The Hall–Kier alpha value is -3.30. The summed E-state index contributed by atoms with van der Waals surface area (Å²) in [7, 11) is 0. The van der Waals surface area contributed by atoms with E-state index < -0.39 is 5.66 Å². The van der Waals surface area contributed by atoms with Gasteiger partial charge in [-0.05, 0) is 85.8 Å². The smallest absolute Gasteiger partial charge is 0.275 e. The number of nitrogens with one attached hydrogen (secondary N) is 2. The molecule has 11 heteroatoms. The second kappa shape index (κ2) is 14.4. The van der Waals surface area contributed by atoms with Gasteiger partial charge in [0.15, 0.2) is 5.82 Å². The van der Waals surface area contributed by atoms with Crippen molar-refractivity contribution in [3.8, 4) is 0 Å². The minimum Gasteiger partial charge on any atom is -0.345 e. The Labute approximate surface area is 275 Å². The highest BCUT2D eigenvalue weighted by Crippen LogP contribution is 2.48. The number of aromatic amines is 1. The lowest BCUT2D eigenvalue weighted by molar-refractivity contribution is -0.133. The number of benzene rings is 2. The van der Waals surface area contributed by atoms with Crippen LogP contribution in [0.5, 0.6) is 0 Å². The second-order valence-corrected chi connectivity index (χ2v) is 14.1. The first-order valence-corrected chi connectivity index (χ1v) is 16.8. The Morgan fingerprint density at radius 1 is 1.02 bits per heavy atom. The van der Waals surface area contributed by atoms with Crippen molar-refractivity contribution in [2.24, 2.45) is 22.7 Å². The molecule has 1 saturated carbocycles. The van der Waals surface area contributed by atoms with E-state index in [9.17, 15) is 9.59 Å². The standard InChI is InChI=1S/C34H43Cl2N7O2/c1-21(2)7-5-6-8-29(24-9-11-25(12-10-24)32(44)37-20-30-39-41-42-40-30)43-33(45)31(26-17-27(35)19-28(36)18-26)38-34(43)15-13-23(14-16-34)22(3)4/h9-12,17-19,21-23,29H,5-8,13-16,20H2,1-4H3,(H,37,44)(H,39,40,41,42)/t23?,29-,34?/m1/s1. The molecule has 2 aromatic carbocycles. The molecule has 1 aromatic heterocycles. The average Bonchev–Trinajstić information content (AvgIpc) is 3.62. The van der Waals surface area contributed by atoms with Crippen LogP contribution in [0.4, 0.5) is 0 Å². The molecule has 0 unspecified atom stereocenters. The van der Waals surface area contributed by atoms with E-state index in [2.05, 4.69) is 58.5 Å². The Balaban J connectivity index is 1.48. The highest BCUT2D eigenvalue weighted by atomic mass is 35.5. The molecule has 0 bridgehead atoms. The number of hydrogen-bond acceptors (Lipinski definition) is 6. The lowest BCUT2D eigenvalue weighted by atomic mass is 9.76. The van der Waals surface area contributed by atoms with Crippen LogP contribution in [0.2, 0.25) is 10.0 Å². The van der Waals surface area contributed by atoms with Crippen molar-refractivity contribution >= 4 is 40.7 Å². The van der Waals surface area contributed by atoms with Gasteiger partial charge in [-0.25, -0.2) is 0 Å². The van der Waals surface area contributed by atoms with E-state index in [1.54, 1.807) is 18.2 Å². The van der Waals surface area contributed by atoms with E-state index in [1.165, 1.54) is 0 Å². The highest BCUT2D eigenvalue weighted by Gasteiger charge is 2.52. The summed E-state index contributed by atoms with van der Waals surface area (Å²) < 4.78 is 0. The first-order valence-electron chi connectivity index (χ1n) is 16.1. The molecule has 0 saturated heterocycles. The summed E-state index contributed by atoms with van der Waals surface area (Å²) in [5.74, 6) is 1.87.